The first-order valence-corrected chi connectivity index (χ1v) is 8.56. The van der Waals surface area contributed by atoms with E-state index in [0.29, 0.717) is 11.9 Å². The SMILES string of the molecule is COc1ccc(CN2CCN(c3nc4ccccc4o3)CC2C)cn1. The first-order valence-electron chi connectivity index (χ1n) is 8.56. The lowest BCUT2D eigenvalue weighted by Gasteiger charge is -2.39. The Morgan fingerprint density at radius 1 is 1.20 bits per heavy atom. The smallest absolute Gasteiger partial charge is 0.298 e. The molecule has 0 amide bonds. The van der Waals surface area contributed by atoms with Gasteiger partial charge in [0.1, 0.15) is 5.52 Å². The highest BCUT2D eigenvalue weighted by Crippen LogP contribution is 2.24. The molecular formula is C19H22N4O2. The molecule has 1 aromatic carbocycles. The fraction of sp³-hybridized carbons (Fsp3) is 0.368. The van der Waals surface area contributed by atoms with Gasteiger partial charge >= 0.3 is 0 Å². The van der Waals surface area contributed by atoms with E-state index < -0.39 is 0 Å². The van der Waals surface area contributed by atoms with Gasteiger partial charge in [0.2, 0.25) is 5.88 Å². The topological polar surface area (TPSA) is 54.6 Å². The maximum absolute atomic E-state index is 5.91. The van der Waals surface area contributed by atoms with E-state index in [0.717, 1.165) is 43.3 Å². The van der Waals surface area contributed by atoms with E-state index in [1.165, 1.54) is 5.56 Å². The van der Waals surface area contributed by atoms with Gasteiger partial charge < -0.3 is 14.1 Å². The van der Waals surface area contributed by atoms with Crippen LogP contribution in [0.25, 0.3) is 11.1 Å². The van der Waals surface area contributed by atoms with E-state index in [2.05, 4.69) is 32.8 Å². The molecule has 1 aliphatic heterocycles. The molecule has 1 unspecified atom stereocenters. The van der Waals surface area contributed by atoms with Crippen LogP contribution in [0.1, 0.15) is 12.5 Å². The van der Waals surface area contributed by atoms with Gasteiger partial charge in [-0.1, -0.05) is 18.2 Å². The summed E-state index contributed by atoms with van der Waals surface area (Å²) in [6.07, 6.45) is 1.89. The summed E-state index contributed by atoms with van der Waals surface area (Å²) >= 11 is 0. The van der Waals surface area contributed by atoms with E-state index in [1.807, 2.05) is 36.5 Å². The summed E-state index contributed by atoms with van der Waals surface area (Å²) in [6, 6.07) is 13.0. The number of pyridine rings is 1. The van der Waals surface area contributed by atoms with Gasteiger partial charge in [0.05, 0.1) is 7.11 Å². The highest BCUT2D eigenvalue weighted by atomic mass is 16.5. The highest BCUT2D eigenvalue weighted by Gasteiger charge is 2.26. The van der Waals surface area contributed by atoms with Crippen molar-refractivity contribution in [3.05, 3.63) is 48.2 Å². The predicted octanol–water partition coefficient (Wildman–Crippen LogP) is 2.94. The summed E-state index contributed by atoms with van der Waals surface area (Å²) in [5.41, 5.74) is 2.96. The lowest BCUT2D eigenvalue weighted by molar-refractivity contribution is 0.177. The van der Waals surface area contributed by atoms with E-state index in [-0.39, 0.29) is 0 Å². The average Bonchev–Trinajstić information content (AvgIpc) is 3.08. The molecule has 3 heterocycles. The maximum atomic E-state index is 5.91. The quantitative estimate of drug-likeness (QED) is 0.729. The molecule has 6 nitrogen and oxygen atoms in total. The van der Waals surface area contributed by atoms with Crippen molar-refractivity contribution in [2.24, 2.45) is 0 Å². The molecule has 130 valence electrons. The molecule has 0 radical (unpaired) electrons. The molecule has 0 N–H and O–H groups in total. The summed E-state index contributed by atoms with van der Waals surface area (Å²) < 4.78 is 11.0. The first kappa shape index (κ1) is 15.9. The van der Waals surface area contributed by atoms with E-state index in [9.17, 15) is 0 Å². The number of rotatable bonds is 4. The van der Waals surface area contributed by atoms with E-state index >= 15 is 0 Å². The Kier molecular flexibility index (Phi) is 4.28. The molecule has 1 saturated heterocycles. The Balaban J connectivity index is 1.42. The summed E-state index contributed by atoms with van der Waals surface area (Å²) in [5.74, 6) is 0.651. The third-order valence-electron chi connectivity index (χ3n) is 4.71. The van der Waals surface area contributed by atoms with E-state index in [1.54, 1.807) is 7.11 Å². The number of ether oxygens (including phenoxy) is 1. The van der Waals surface area contributed by atoms with Gasteiger partial charge in [0, 0.05) is 44.5 Å². The van der Waals surface area contributed by atoms with Crippen molar-refractivity contribution >= 4 is 17.1 Å². The standard InChI is InChI=1S/C19H22N4O2/c1-14-12-23(19-21-16-5-3-4-6-17(16)25-19)10-9-22(14)13-15-7-8-18(24-2)20-11-15/h3-8,11,14H,9-10,12-13H2,1-2H3. The van der Waals surface area contributed by atoms with Crippen LogP contribution < -0.4 is 9.64 Å². The molecule has 6 heteroatoms. The minimum Gasteiger partial charge on any atom is -0.481 e. The lowest BCUT2D eigenvalue weighted by atomic mass is 10.1. The first-order chi connectivity index (χ1) is 12.2. The molecule has 0 spiro atoms. The van der Waals surface area contributed by atoms with E-state index in [4.69, 9.17) is 9.15 Å². The normalized spacial score (nSPS) is 18.6. The molecular weight excluding hydrogens is 316 g/mol. The Hall–Kier alpha value is -2.60. The van der Waals surface area contributed by atoms with Crippen molar-refractivity contribution in [3.63, 3.8) is 0 Å². The molecule has 1 aliphatic rings. The van der Waals surface area contributed by atoms with Crippen LogP contribution in [0.15, 0.2) is 47.0 Å². The summed E-state index contributed by atoms with van der Waals surface area (Å²) in [6.45, 7) is 5.90. The number of nitrogens with zero attached hydrogens (tertiary/aromatic N) is 4. The summed E-state index contributed by atoms with van der Waals surface area (Å²) in [4.78, 5) is 13.6. The van der Waals surface area contributed by atoms with Crippen LogP contribution in [0.3, 0.4) is 0 Å². The summed E-state index contributed by atoms with van der Waals surface area (Å²) in [5, 5.41) is 0. The Morgan fingerprint density at radius 3 is 2.80 bits per heavy atom. The fourth-order valence-electron chi connectivity index (χ4n) is 3.26. The molecule has 1 fully saturated rings. The van der Waals surface area contributed by atoms with Gasteiger partial charge in [-0.3, -0.25) is 4.90 Å². The lowest BCUT2D eigenvalue weighted by Crippen LogP contribution is -2.51. The van der Waals surface area contributed by atoms with Crippen LogP contribution in [-0.4, -0.2) is 47.7 Å². The number of piperazine rings is 1. The van der Waals surface area contributed by atoms with Crippen molar-refractivity contribution in [1.29, 1.82) is 0 Å². The van der Waals surface area contributed by atoms with Gasteiger partial charge in [-0.05, 0) is 24.6 Å². The van der Waals surface area contributed by atoms with Crippen molar-refractivity contribution in [2.75, 3.05) is 31.6 Å². The largest absolute Gasteiger partial charge is 0.481 e. The average molecular weight is 338 g/mol. The molecule has 0 saturated carbocycles. The van der Waals surface area contributed by atoms with Gasteiger partial charge in [0.25, 0.3) is 6.01 Å². The third-order valence-corrected chi connectivity index (χ3v) is 4.71. The van der Waals surface area contributed by atoms with Crippen LogP contribution in [-0.2, 0) is 6.54 Å². The van der Waals surface area contributed by atoms with Crippen molar-refractivity contribution in [3.8, 4) is 5.88 Å². The third kappa shape index (κ3) is 3.30. The van der Waals surface area contributed by atoms with Crippen LogP contribution in [0.4, 0.5) is 6.01 Å². The number of hydrogen-bond acceptors (Lipinski definition) is 6. The van der Waals surface area contributed by atoms with Crippen LogP contribution >= 0.6 is 0 Å². The van der Waals surface area contributed by atoms with Crippen LogP contribution in [0.5, 0.6) is 5.88 Å². The van der Waals surface area contributed by atoms with Crippen molar-refractivity contribution < 1.29 is 9.15 Å². The zero-order valence-electron chi connectivity index (χ0n) is 14.6. The van der Waals surface area contributed by atoms with Gasteiger partial charge in [0.15, 0.2) is 5.58 Å². The predicted molar refractivity (Wildman–Crippen MR) is 96.9 cm³/mol. The molecule has 0 bridgehead atoms. The monoisotopic (exact) mass is 338 g/mol. The zero-order chi connectivity index (χ0) is 17.2. The number of anilines is 1. The maximum Gasteiger partial charge on any atom is 0.298 e. The second kappa shape index (κ2) is 6.72. The summed E-state index contributed by atoms with van der Waals surface area (Å²) in [7, 11) is 1.63. The molecule has 3 aromatic rings. The molecule has 4 rings (SSSR count). The Morgan fingerprint density at radius 2 is 2.08 bits per heavy atom. The molecule has 25 heavy (non-hydrogen) atoms. The minimum absolute atomic E-state index is 0.408. The molecule has 2 aromatic heterocycles. The Bertz CT molecular complexity index is 813. The number of oxazole rings is 1. The number of para-hydroxylation sites is 2. The fourth-order valence-corrected chi connectivity index (χ4v) is 3.26. The minimum atomic E-state index is 0.408. The van der Waals surface area contributed by atoms with Crippen LogP contribution in [0.2, 0.25) is 0 Å². The Labute approximate surface area is 147 Å². The number of methoxy groups -OCH3 is 1. The number of hydrogen-bond donors (Lipinski definition) is 0. The van der Waals surface area contributed by atoms with Crippen LogP contribution in [0, 0.1) is 0 Å². The van der Waals surface area contributed by atoms with Crippen molar-refractivity contribution in [1.82, 2.24) is 14.9 Å². The highest BCUT2D eigenvalue weighted by molar-refractivity contribution is 5.74. The number of benzene rings is 1. The number of fused-ring (bicyclic) bond motifs is 1. The molecule has 1 atom stereocenters. The van der Waals surface area contributed by atoms with Gasteiger partial charge in [-0.15, -0.1) is 0 Å². The molecule has 0 aliphatic carbocycles. The van der Waals surface area contributed by atoms with Gasteiger partial charge in [-0.25, -0.2) is 4.98 Å². The van der Waals surface area contributed by atoms with Crippen molar-refractivity contribution in [2.45, 2.75) is 19.5 Å². The zero-order valence-corrected chi connectivity index (χ0v) is 14.6. The second-order valence-electron chi connectivity index (χ2n) is 6.44. The van der Waals surface area contributed by atoms with Gasteiger partial charge in [-0.2, -0.15) is 4.98 Å². The second-order valence-corrected chi connectivity index (χ2v) is 6.44. The number of aromatic nitrogens is 2.